The van der Waals surface area contributed by atoms with Gasteiger partial charge in [-0.15, -0.1) is 11.3 Å². The first-order valence-electron chi connectivity index (χ1n) is 6.21. The Kier molecular flexibility index (Phi) is 4.83. The fraction of sp³-hybridized carbons (Fsp3) is 0.333. The van der Waals surface area contributed by atoms with Gasteiger partial charge in [0.25, 0.3) is 0 Å². The van der Waals surface area contributed by atoms with Gasteiger partial charge in [0.1, 0.15) is 5.82 Å². The lowest BCUT2D eigenvalue weighted by atomic mass is 10.3. The first kappa shape index (κ1) is 14.2. The standard InChI is InChI=1S/C12H15N5O2S/c1-2-5-13-11-4-3-10(17(18)19)12(16-11)14-6-9-7-20-8-15-9/h3-4,7-8H,2,5-6H2,1H3,(H2,13,14,16). The highest BCUT2D eigenvalue weighted by molar-refractivity contribution is 7.07. The summed E-state index contributed by atoms with van der Waals surface area (Å²) in [4.78, 5) is 18.9. The minimum Gasteiger partial charge on any atom is -0.370 e. The molecule has 0 bridgehead atoms. The number of nitrogens with zero attached hydrogens (tertiary/aromatic N) is 3. The smallest absolute Gasteiger partial charge is 0.311 e. The van der Waals surface area contributed by atoms with E-state index in [0.29, 0.717) is 12.4 Å². The van der Waals surface area contributed by atoms with Crippen LogP contribution in [-0.4, -0.2) is 21.4 Å². The lowest BCUT2D eigenvalue weighted by Gasteiger charge is -2.08. The van der Waals surface area contributed by atoms with E-state index < -0.39 is 4.92 Å². The van der Waals surface area contributed by atoms with Crippen molar-refractivity contribution in [2.45, 2.75) is 19.9 Å². The molecule has 2 rings (SSSR count). The Hall–Kier alpha value is -2.22. The number of hydrogen-bond acceptors (Lipinski definition) is 7. The van der Waals surface area contributed by atoms with E-state index in [4.69, 9.17) is 0 Å². The SMILES string of the molecule is CCCNc1ccc([N+](=O)[O-])c(NCc2cscn2)n1. The van der Waals surface area contributed by atoms with Crippen LogP contribution in [0.3, 0.4) is 0 Å². The van der Waals surface area contributed by atoms with Gasteiger partial charge in [0.2, 0.25) is 5.82 Å². The average Bonchev–Trinajstić information content (AvgIpc) is 2.96. The Labute approximate surface area is 120 Å². The molecule has 0 aliphatic rings. The second kappa shape index (κ2) is 6.80. The third-order valence-corrected chi connectivity index (χ3v) is 3.18. The molecule has 2 aromatic rings. The molecule has 8 heteroatoms. The van der Waals surface area contributed by atoms with Crippen LogP contribution in [0.1, 0.15) is 19.0 Å². The third kappa shape index (κ3) is 3.64. The lowest BCUT2D eigenvalue weighted by molar-refractivity contribution is -0.384. The van der Waals surface area contributed by atoms with Crippen molar-refractivity contribution in [1.29, 1.82) is 0 Å². The lowest BCUT2D eigenvalue weighted by Crippen LogP contribution is -2.08. The molecule has 2 N–H and O–H groups in total. The molecule has 0 amide bonds. The predicted octanol–water partition coefficient (Wildman–Crippen LogP) is 2.88. The van der Waals surface area contributed by atoms with Crippen molar-refractivity contribution in [3.05, 3.63) is 38.8 Å². The van der Waals surface area contributed by atoms with Crippen molar-refractivity contribution in [3.63, 3.8) is 0 Å². The largest absolute Gasteiger partial charge is 0.370 e. The van der Waals surface area contributed by atoms with Gasteiger partial charge in [-0.1, -0.05) is 6.92 Å². The molecule has 2 aromatic heterocycles. The van der Waals surface area contributed by atoms with Crippen LogP contribution < -0.4 is 10.6 Å². The molecule has 0 aliphatic carbocycles. The van der Waals surface area contributed by atoms with Crippen LogP contribution >= 0.6 is 11.3 Å². The van der Waals surface area contributed by atoms with Crippen LogP contribution in [0.5, 0.6) is 0 Å². The molecule has 0 atom stereocenters. The number of nitro groups is 1. The molecule has 0 radical (unpaired) electrons. The highest BCUT2D eigenvalue weighted by atomic mass is 32.1. The number of pyridine rings is 1. The maximum Gasteiger partial charge on any atom is 0.311 e. The molecular formula is C12H15N5O2S. The summed E-state index contributed by atoms with van der Waals surface area (Å²) in [5, 5.41) is 19.0. The maximum absolute atomic E-state index is 11.0. The van der Waals surface area contributed by atoms with Crippen molar-refractivity contribution in [2.75, 3.05) is 17.2 Å². The number of anilines is 2. The van der Waals surface area contributed by atoms with E-state index in [-0.39, 0.29) is 11.5 Å². The van der Waals surface area contributed by atoms with Crippen molar-refractivity contribution in [2.24, 2.45) is 0 Å². The van der Waals surface area contributed by atoms with Crippen molar-refractivity contribution < 1.29 is 4.92 Å². The van der Waals surface area contributed by atoms with E-state index in [9.17, 15) is 10.1 Å². The Bertz CT molecular complexity index is 573. The first-order chi connectivity index (χ1) is 9.70. The number of hydrogen-bond donors (Lipinski definition) is 2. The number of rotatable bonds is 7. The second-order valence-corrected chi connectivity index (χ2v) is 4.80. The molecule has 0 fully saturated rings. The molecule has 0 aromatic carbocycles. The third-order valence-electron chi connectivity index (χ3n) is 2.55. The molecular weight excluding hydrogens is 278 g/mol. The monoisotopic (exact) mass is 293 g/mol. The Morgan fingerprint density at radius 2 is 2.25 bits per heavy atom. The van der Waals surface area contributed by atoms with Crippen molar-refractivity contribution in [1.82, 2.24) is 9.97 Å². The predicted molar refractivity (Wildman–Crippen MR) is 79.1 cm³/mol. The van der Waals surface area contributed by atoms with E-state index in [1.54, 1.807) is 11.6 Å². The van der Waals surface area contributed by atoms with E-state index in [0.717, 1.165) is 18.7 Å². The zero-order chi connectivity index (χ0) is 14.4. The summed E-state index contributed by atoms with van der Waals surface area (Å²) in [5.41, 5.74) is 2.51. The number of thiazole rings is 1. The fourth-order valence-corrected chi connectivity index (χ4v) is 2.14. The van der Waals surface area contributed by atoms with Gasteiger partial charge in [-0.25, -0.2) is 9.97 Å². The van der Waals surface area contributed by atoms with Gasteiger partial charge in [0.05, 0.1) is 22.7 Å². The summed E-state index contributed by atoms with van der Waals surface area (Å²) in [6, 6.07) is 3.07. The Morgan fingerprint density at radius 1 is 1.40 bits per heavy atom. The van der Waals surface area contributed by atoms with Gasteiger partial charge in [-0.05, 0) is 12.5 Å². The zero-order valence-electron chi connectivity index (χ0n) is 11.0. The Morgan fingerprint density at radius 3 is 2.90 bits per heavy atom. The molecule has 7 nitrogen and oxygen atoms in total. The molecule has 0 spiro atoms. The quantitative estimate of drug-likeness (QED) is 0.602. The first-order valence-corrected chi connectivity index (χ1v) is 7.15. The van der Waals surface area contributed by atoms with Crippen LogP contribution in [0, 0.1) is 10.1 Å². The van der Waals surface area contributed by atoms with Gasteiger partial charge >= 0.3 is 5.69 Å². The molecule has 0 saturated heterocycles. The highest BCUT2D eigenvalue weighted by Gasteiger charge is 2.15. The topological polar surface area (TPSA) is 93.0 Å². The van der Waals surface area contributed by atoms with Gasteiger partial charge < -0.3 is 10.6 Å². The molecule has 2 heterocycles. The maximum atomic E-state index is 11.0. The summed E-state index contributed by atoms with van der Waals surface area (Å²) < 4.78 is 0. The molecule has 0 aliphatic heterocycles. The summed E-state index contributed by atoms with van der Waals surface area (Å²) in [7, 11) is 0. The summed E-state index contributed by atoms with van der Waals surface area (Å²) >= 11 is 1.48. The normalized spacial score (nSPS) is 10.2. The average molecular weight is 293 g/mol. The van der Waals surface area contributed by atoms with Gasteiger partial charge in [-0.3, -0.25) is 10.1 Å². The minimum atomic E-state index is -0.444. The summed E-state index contributed by atoms with van der Waals surface area (Å²) in [6.45, 7) is 3.23. The van der Waals surface area contributed by atoms with E-state index >= 15 is 0 Å². The van der Waals surface area contributed by atoms with Crippen molar-refractivity contribution >= 4 is 28.7 Å². The van der Waals surface area contributed by atoms with Gasteiger partial charge in [0.15, 0.2) is 0 Å². The van der Waals surface area contributed by atoms with E-state index in [2.05, 4.69) is 20.6 Å². The fourth-order valence-electron chi connectivity index (χ4n) is 1.58. The second-order valence-electron chi connectivity index (χ2n) is 4.08. The minimum absolute atomic E-state index is 0.0396. The molecule has 106 valence electrons. The number of aromatic nitrogens is 2. The van der Waals surface area contributed by atoms with Crippen LogP contribution in [0.25, 0.3) is 0 Å². The highest BCUT2D eigenvalue weighted by Crippen LogP contribution is 2.24. The van der Waals surface area contributed by atoms with Gasteiger partial charge in [-0.2, -0.15) is 0 Å². The van der Waals surface area contributed by atoms with Crippen molar-refractivity contribution in [3.8, 4) is 0 Å². The van der Waals surface area contributed by atoms with Crippen LogP contribution in [-0.2, 0) is 6.54 Å². The number of nitrogens with one attached hydrogen (secondary N) is 2. The van der Waals surface area contributed by atoms with Crippen LogP contribution in [0.2, 0.25) is 0 Å². The Balaban J connectivity index is 2.15. The molecule has 0 unspecified atom stereocenters. The molecule has 20 heavy (non-hydrogen) atoms. The summed E-state index contributed by atoms with van der Waals surface area (Å²) in [5.74, 6) is 0.877. The zero-order valence-corrected chi connectivity index (χ0v) is 11.8. The van der Waals surface area contributed by atoms with E-state index in [1.165, 1.54) is 17.4 Å². The van der Waals surface area contributed by atoms with Gasteiger partial charge in [0, 0.05) is 18.0 Å². The van der Waals surface area contributed by atoms with E-state index in [1.807, 2.05) is 12.3 Å². The summed E-state index contributed by atoms with van der Waals surface area (Å²) in [6.07, 6.45) is 0.959. The molecule has 0 saturated carbocycles. The van der Waals surface area contributed by atoms with Crippen LogP contribution in [0.15, 0.2) is 23.0 Å². The van der Waals surface area contributed by atoms with Crippen LogP contribution in [0.4, 0.5) is 17.3 Å².